The van der Waals surface area contributed by atoms with Gasteiger partial charge in [-0.05, 0) is 49.8 Å². The van der Waals surface area contributed by atoms with E-state index in [4.69, 9.17) is 0 Å². The predicted molar refractivity (Wildman–Crippen MR) is 113 cm³/mol. The third-order valence-electron chi connectivity index (χ3n) is 5.62. The SMILES string of the molecule is Cc1nc(N[C@@H](Cc2c[nH]c3ccccc23)C(=O)[O-])c2c3c(sc2n1)CCCC3. The molecule has 2 N–H and O–H groups in total. The molecule has 148 valence electrons. The molecule has 1 aliphatic rings. The molecular formula is C22H21N4O2S-. The number of carboxylic acids is 1. The Morgan fingerprint density at radius 2 is 2.10 bits per heavy atom. The van der Waals surface area contributed by atoms with Crippen LogP contribution < -0.4 is 10.4 Å². The van der Waals surface area contributed by atoms with Gasteiger partial charge in [0, 0.05) is 28.4 Å². The van der Waals surface area contributed by atoms with Crippen molar-refractivity contribution in [3.63, 3.8) is 0 Å². The number of fused-ring (bicyclic) bond motifs is 4. The van der Waals surface area contributed by atoms with Gasteiger partial charge in [-0.2, -0.15) is 0 Å². The molecule has 29 heavy (non-hydrogen) atoms. The molecule has 5 rings (SSSR count). The minimum atomic E-state index is -1.14. The van der Waals surface area contributed by atoms with Crippen molar-refractivity contribution in [2.24, 2.45) is 0 Å². The van der Waals surface area contributed by atoms with E-state index in [1.165, 1.54) is 16.9 Å². The van der Waals surface area contributed by atoms with Gasteiger partial charge >= 0.3 is 0 Å². The molecule has 0 saturated carbocycles. The van der Waals surface area contributed by atoms with Crippen LogP contribution in [0.5, 0.6) is 0 Å². The molecule has 0 amide bonds. The highest BCUT2D eigenvalue weighted by atomic mass is 32.1. The summed E-state index contributed by atoms with van der Waals surface area (Å²) in [4.78, 5) is 26.7. The van der Waals surface area contributed by atoms with Crippen molar-refractivity contribution >= 4 is 44.2 Å². The number of carbonyl (C=O) groups is 1. The third-order valence-corrected chi connectivity index (χ3v) is 6.81. The van der Waals surface area contributed by atoms with Gasteiger partial charge in [-0.3, -0.25) is 0 Å². The van der Waals surface area contributed by atoms with E-state index in [9.17, 15) is 9.90 Å². The minimum absolute atomic E-state index is 0.309. The number of aliphatic carboxylic acids is 1. The minimum Gasteiger partial charge on any atom is -0.548 e. The molecule has 1 aliphatic carbocycles. The molecule has 1 atom stereocenters. The van der Waals surface area contributed by atoms with E-state index in [1.54, 1.807) is 11.3 Å². The van der Waals surface area contributed by atoms with Gasteiger partial charge in [0.2, 0.25) is 0 Å². The third kappa shape index (κ3) is 3.25. The number of hydrogen-bond donors (Lipinski definition) is 2. The predicted octanol–water partition coefficient (Wildman–Crippen LogP) is 3.13. The second-order valence-corrected chi connectivity index (χ2v) is 8.67. The zero-order valence-corrected chi connectivity index (χ0v) is 16.9. The number of H-pyrrole nitrogens is 1. The van der Waals surface area contributed by atoms with Crippen LogP contribution in [0.2, 0.25) is 0 Å². The Hall–Kier alpha value is -2.93. The highest BCUT2D eigenvalue weighted by Gasteiger charge is 2.23. The summed E-state index contributed by atoms with van der Waals surface area (Å²) >= 11 is 1.71. The van der Waals surface area contributed by atoms with Crippen molar-refractivity contribution in [2.75, 3.05) is 5.32 Å². The van der Waals surface area contributed by atoms with Crippen LogP contribution in [0, 0.1) is 6.92 Å². The molecule has 6 nitrogen and oxygen atoms in total. The number of para-hydroxylation sites is 1. The first-order chi connectivity index (χ1) is 14.1. The van der Waals surface area contributed by atoms with Gasteiger partial charge in [-0.15, -0.1) is 11.3 Å². The van der Waals surface area contributed by atoms with Crippen LogP contribution in [0.3, 0.4) is 0 Å². The summed E-state index contributed by atoms with van der Waals surface area (Å²) < 4.78 is 0. The smallest absolute Gasteiger partial charge is 0.139 e. The Kier molecular flexibility index (Phi) is 4.47. The summed E-state index contributed by atoms with van der Waals surface area (Å²) in [6.07, 6.45) is 6.57. The molecule has 0 bridgehead atoms. The number of benzene rings is 1. The second kappa shape index (κ2) is 7.15. The van der Waals surface area contributed by atoms with Crippen molar-refractivity contribution in [3.8, 4) is 0 Å². The van der Waals surface area contributed by atoms with Crippen LogP contribution >= 0.6 is 11.3 Å². The number of carbonyl (C=O) groups excluding carboxylic acids is 1. The topological polar surface area (TPSA) is 93.7 Å². The first-order valence-electron chi connectivity index (χ1n) is 9.91. The number of aromatic nitrogens is 3. The lowest BCUT2D eigenvalue weighted by Gasteiger charge is -2.21. The molecule has 7 heteroatoms. The molecule has 0 saturated heterocycles. The zero-order chi connectivity index (χ0) is 20.0. The average Bonchev–Trinajstić information content (AvgIpc) is 3.28. The summed E-state index contributed by atoms with van der Waals surface area (Å²) in [7, 11) is 0. The Bertz CT molecular complexity index is 1230. The number of nitrogens with one attached hydrogen (secondary N) is 2. The van der Waals surface area contributed by atoms with Gasteiger partial charge in [0.15, 0.2) is 0 Å². The van der Waals surface area contributed by atoms with Gasteiger partial charge in [0.25, 0.3) is 0 Å². The fourth-order valence-electron chi connectivity index (χ4n) is 4.25. The van der Waals surface area contributed by atoms with Crippen molar-refractivity contribution in [1.82, 2.24) is 15.0 Å². The number of aromatic amines is 1. The first kappa shape index (κ1) is 18.1. The first-order valence-corrected chi connectivity index (χ1v) is 10.7. The molecule has 0 spiro atoms. The number of carboxylic acid groups (broad SMARTS) is 1. The number of rotatable bonds is 5. The number of thiophene rings is 1. The van der Waals surface area contributed by atoms with E-state index in [2.05, 4.69) is 20.3 Å². The molecule has 0 aliphatic heterocycles. The second-order valence-electron chi connectivity index (χ2n) is 7.59. The van der Waals surface area contributed by atoms with E-state index >= 15 is 0 Å². The summed E-state index contributed by atoms with van der Waals surface area (Å²) in [5.41, 5.74) is 3.21. The number of hydrogen-bond acceptors (Lipinski definition) is 6. The lowest BCUT2D eigenvalue weighted by Crippen LogP contribution is -2.42. The van der Waals surface area contributed by atoms with E-state index in [0.29, 0.717) is 18.1 Å². The van der Waals surface area contributed by atoms with E-state index in [1.807, 2.05) is 37.4 Å². The Labute approximate surface area is 172 Å². The average molecular weight is 406 g/mol. The van der Waals surface area contributed by atoms with Crippen molar-refractivity contribution < 1.29 is 9.90 Å². The quantitative estimate of drug-likeness (QED) is 0.532. The number of aryl methyl sites for hydroxylation is 3. The van der Waals surface area contributed by atoms with E-state index < -0.39 is 12.0 Å². The summed E-state index contributed by atoms with van der Waals surface area (Å²) in [5, 5.41) is 17.2. The highest BCUT2D eigenvalue weighted by molar-refractivity contribution is 7.19. The molecule has 1 aromatic carbocycles. The normalized spacial score (nSPS) is 14.8. The lowest BCUT2D eigenvalue weighted by molar-refractivity contribution is -0.306. The zero-order valence-electron chi connectivity index (χ0n) is 16.1. The highest BCUT2D eigenvalue weighted by Crippen LogP contribution is 2.38. The van der Waals surface area contributed by atoms with Crippen LogP contribution in [0.15, 0.2) is 30.5 Å². The largest absolute Gasteiger partial charge is 0.548 e. The van der Waals surface area contributed by atoms with Gasteiger partial charge in [0.1, 0.15) is 16.5 Å². The monoisotopic (exact) mass is 405 g/mol. The van der Waals surface area contributed by atoms with Gasteiger partial charge in [-0.25, -0.2) is 9.97 Å². The van der Waals surface area contributed by atoms with Gasteiger partial charge < -0.3 is 20.2 Å². The van der Waals surface area contributed by atoms with Gasteiger partial charge in [0.05, 0.1) is 17.4 Å². The maximum Gasteiger partial charge on any atom is 0.139 e. The van der Waals surface area contributed by atoms with E-state index in [-0.39, 0.29) is 0 Å². The van der Waals surface area contributed by atoms with Crippen LogP contribution in [-0.4, -0.2) is 27.0 Å². The van der Waals surface area contributed by atoms with E-state index in [0.717, 1.165) is 45.9 Å². The Morgan fingerprint density at radius 3 is 2.97 bits per heavy atom. The standard InChI is InChI=1S/C22H22N4O2S/c1-12-24-20(19-15-7-3-5-9-18(15)29-21(19)25-12)26-17(22(27)28)10-13-11-23-16-8-4-2-6-14(13)16/h2,4,6,8,11,17,23H,3,5,7,9-10H2,1H3,(H,27,28)(H,24,25,26)/p-1/t17-/m0/s1. The Balaban J connectivity index is 1.53. The van der Waals surface area contributed by atoms with Crippen molar-refractivity contribution in [2.45, 2.75) is 45.1 Å². The van der Waals surface area contributed by atoms with Crippen LogP contribution in [-0.2, 0) is 24.1 Å². The summed E-state index contributed by atoms with van der Waals surface area (Å²) in [6, 6.07) is 7.00. The molecule has 0 radical (unpaired) electrons. The maximum atomic E-state index is 12.0. The molecule has 4 aromatic rings. The summed E-state index contributed by atoms with van der Waals surface area (Å²) in [6.45, 7) is 1.84. The molecule has 0 fully saturated rings. The van der Waals surface area contributed by atoms with Crippen molar-refractivity contribution in [1.29, 1.82) is 0 Å². The number of nitrogens with zero attached hydrogens (tertiary/aromatic N) is 2. The van der Waals surface area contributed by atoms with Crippen LogP contribution in [0.25, 0.3) is 21.1 Å². The fourth-order valence-corrected chi connectivity index (χ4v) is 5.55. The lowest BCUT2D eigenvalue weighted by atomic mass is 9.97. The molecule has 3 heterocycles. The molecular weight excluding hydrogens is 384 g/mol. The maximum absolute atomic E-state index is 12.0. The number of anilines is 1. The van der Waals surface area contributed by atoms with Crippen LogP contribution in [0.4, 0.5) is 5.82 Å². The molecule has 0 unspecified atom stereocenters. The molecule has 3 aromatic heterocycles. The van der Waals surface area contributed by atoms with Gasteiger partial charge in [-0.1, -0.05) is 18.2 Å². The van der Waals surface area contributed by atoms with Crippen molar-refractivity contribution in [3.05, 3.63) is 52.3 Å². The van der Waals surface area contributed by atoms with Crippen LogP contribution in [0.1, 0.15) is 34.7 Å². The fraction of sp³-hybridized carbons (Fsp3) is 0.318. The summed E-state index contributed by atoms with van der Waals surface area (Å²) in [5.74, 6) is 0.118. The Morgan fingerprint density at radius 1 is 1.28 bits per heavy atom.